The molecule has 1 aromatic carbocycles. The van der Waals surface area contributed by atoms with Crippen LogP contribution in [0.2, 0.25) is 0 Å². The Morgan fingerprint density at radius 2 is 2.28 bits per heavy atom. The summed E-state index contributed by atoms with van der Waals surface area (Å²) in [6.45, 7) is 4.59. The van der Waals surface area contributed by atoms with E-state index in [1.165, 1.54) is 12.2 Å². The predicted octanol–water partition coefficient (Wildman–Crippen LogP) is 2.73. The molecule has 18 heavy (non-hydrogen) atoms. The summed E-state index contributed by atoms with van der Waals surface area (Å²) < 4.78 is 0. The Bertz CT molecular complexity index is 445. The summed E-state index contributed by atoms with van der Waals surface area (Å²) in [4.78, 5) is 11.2. The topological polar surface area (TPSA) is 55.1 Å². The first-order valence-corrected chi connectivity index (χ1v) is 7.39. The highest BCUT2D eigenvalue weighted by Crippen LogP contribution is 2.36. The number of benzene rings is 1. The van der Waals surface area contributed by atoms with Crippen LogP contribution in [0.5, 0.6) is 0 Å². The molecule has 1 atom stereocenters. The molecule has 98 valence electrons. The van der Waals surface area contributed by atoms with E-state index in [1.54, 1.807) is 6.07 Å². The van der Waals surface area contributed by atoms with Crippen molar-refractivity contribution in [2.24, 2.45) is 11.1 Å². The van der Waals surface area contributed by atoms with Gasteiger partial charge in [0, 0.05) is 23.0 Å². The van der Waals surface area contributed by atoms with Crippen molar-refractivity contribution in [2.45, 2.75) is 26.3 Å². The molecule has 4 heteroatoms. The number of nitrogens with one attached hydrogen (secondary N) is 1. The summed E-state index contributed by atoms with van der Waals surface area (Å²) in [6, 6.07) is 7.86. The van der Waals surface area contributed by atoms with Crippen LogP contribution in [0.1, 0.15) is 30.6 Å². The van der Waals surface area contributed by atoms with Gasteiger partial charge in [-0.25, -0.2) is 0 Å². The first kappa shape index (κ1) is 13.3. The summed E-state index contributed by atoms with van der Waals surface area (Å²) in [5, 5.41) is 3.54. The summed E-state index contributed by atoms with van der Waals surface area (Å²) in [5.41, 5.74) is 7.12. The highest BCUT2D eigenvalue weighted by molar-refractivity contribution is 7.99. The van der Waals surface area contributed by atoms with Crippen molar-refractivity contribution >= 4 is 23.4 Å². The maximum absolute atomic E-state index is 11.2. The molecule has 1 fully saturated rings. The Balaban J connectivity index is 2.13. The Morgan fingerprint density at radius 3 is 2.94 bits per heavy atom. The normalized spacial score (nSPS) is 22.4. The third kappa shape index (κ3) is 2.99. The molecule has 0 saturated carbocycles. The summed E-state index contributed by atoms with van der Waals surface area (Å²) in [5.74, 6) is 1.95. The molecule has 1 aliphatic rings. The molecule has 0 radical (unpaired) electrons. The van der Waals surface area contributed by atoms with Crippen molar-refractivity contribution in [3.8, 4) is 0 Å². The van der Waals surface area contributed by atoms with Crippen LogP contribution in [0.3, 0.4) is 0 Å². The summed E-state index contributed by atoms with van der Waals surface area (Å²) in [7, 11) is 0. The fourth-order valence-corrected chi connectivity index (χ4v) is 3.74. The molecule has 1 aliphatic heterocycles. The van der Waals surface area contributed by atoms with Crippen LogP contribution in [-0.4, -0.2) is 23.5 Å². The van der Waals surface area contributed by atoms with Crippen molar-refractivity contribution in [3.63, 3.8) is 0 Å². The molecule has 1 unspecified atom stereocenters. The molecule has 1 aromatic rings. The second-order valence-corrected chi connectivity index (χ2v) is 6.61. The Hall–Kier alpha value is -1.16. The van der Waals surface area contributed by atoms with Crippen LogP contribution in [0.4, 0.5) is 5.69 Å². The molecule has 0 bridgehead atoms. The van der Waals surface area contributed by atoms with E-state index in [-0.39, 0.29) is 11.3 Å². The van der Waals surface area contributed by atoms with Crippen LogP contribution in [0, 0.1) is 5.41 Å². The lowest BCUT2D eigenvalue weighted by Gasteiger charge is -2.39. The van der Waals surface area contributed by atoms with Gasteiger partial charge in [0.2, 0.25) is 5.91 Å². The van der Waals surface area contributed by atoms with Crippen LogP contribution >= 0.6 is 11.8 Å². The lowest BCUT2D eigenvalue weighted by Crippen LogP contribution is -2.41. The number of thioether (sulfide) groups is 1. The van der Waals surface area contributed by atoms with Gasteiger partial charge < -0.3 is 11.1 Å². The maximum atomic E-state index is 11.2. The minimum absolute atomic E-state index is 0.286. The SMILES string of the molecule is CC1(C)CCSCC1Nc1cccc(C(N)=O)c1. The van der Waals surface area contributed by atoms with Crippen molar-refractivity contribution in [2.75, 3.05) is 16.8 Å². The van der Waals surface area contributed by atoms with Gasteiger partial charge >= 0.3 is 0 Å². The highest BCUT2D eigenvalue weighted by Gasteiger charge is 2.32. The van der Waals surface area contributed by atoms with Gasteiger partial charge in [0.1, 0.15) is 0 Å². The molecule has 3 nitrogen and oxygen atoms in total. The number of primary amides is 1. The molecule has 1 amide bonds. The van der Waals surface area contributed by atoms with Gasteiger partial charge in [-0.3, -0.25) is 4.79 Å². The number of carbonyl (C=O) groups excluding carboxylic acids is 1. The first-order chi connectivity index (χ1) is 8.49. The van der Waals surface area contributed by atoms with Gasteiger partial charge in [-0.05, 0) is 35.8 Å². The molecule has 3 N–H and O–H groups in total. The van der Waals surface area contributed by atoms with Crippen LogP contribution in [-0.2, 0) is 0 Å². The molecule has 0 aliphatic carbocycles. The molecular weight excluding hydrogens is 244 g/mol. The van der Waals surface area contributed by atoms with Crippen molar-refractivity contribution in [1.82, 2.24) is 0 Å². The van der Waals surface area contributed by atoms with E-state index in [1.807, 2.05) is 30.0 Å². The van der Waals surface area contributed by atoms with Gasteiger partial charge in [-0.1, -0.05) is 19.9 Å². The van der Waals surface area contributed by atoms with Crippen molar-refractivity contribution in [1.29, 1.82) is 0 Å². The van der Waals surface area contributed by atoms with E-state index in [9.17, 15) is 4.79 Å². The van der Waals surface area contributed by atoms with Crippen LogP contribution in [0.15, 0.2) is 24.3 Å². The average molecular weight is 264 g/mol. The largest absolute Gasteiger partial charge is 0.381 e. The zero-order valence-corrected chi connectivity index (χ0v) is 11.7. The van der Waals surface area contributed by atoms with Crippen molar-refractivity contribution < 1.29 is 4.79 Å². The maximum Gasteiger partial charge on any atom is 0.248 e. The van der Waals surface area contributed by atoms with Crippen molar-refractivity contribution in [3.05, 3.63) is 29.8 Å². The zero-order chi connectivity index (χ0) is 13.2. The van der Waals surface area contributed by atoms with E-state index in [0.29, 0.717) is 11.6 Å². The molecule has 0 aromatic heterocycles. The number of rotatable bonds is 3. The van der Waals surface area contributed by atoms with Gasteiger partial charge in [0.05, 0.1) is 0 Å². The Labute approximate surface area is 113 Å². The number of nitrogens with two attached hydrogens (primary N) is 1. The lowest BCUT2D eigenvalue weighted by atomic mass is 9.82. The highest BCUT2D eigenvalue weighted by atomic mass is 32.2. The molecule has 2 rings (SSSR count). The fraction of sp³-hybridized carbons (Fsp3) is 0.500. The number of amides is 1. The number of hydrogen-bond donors (Lipinski definition) is 2. The minimum atomic E-state index is -0.379. The van der Waals surface area contributed by atoms with Gasteiger partial charge in [0.25, 0.3) is 0 Å². The summed E-state index contributed by atoms with van der Waals surface area (Å²) >= 11 is 1.98. The third-order valence-corrected chi connectivity index (χ3v) is 4.67. The van der Waals surface area contributed by atoms with Gasteiger partial charge in [0.15, 0.2) is 0 Å². The third-order valence-electron chi connectivity index (χ3n) is 3.61. The van der Waals surface area contributed by atoms with E-state index in [4.69, 9.17) is 5.73 Å². The number of hydrogen-bond acceptors (Lipinski definition) is 3. The van der Waals surface area contributed by atoms with E-state index in [2.05, 4.69) is 19.2 Å². The summed E-state index contributed by atoms with van der Waals surface area (Å²) in [6.07, 6.45) is 1.21. The van der Waals surface area contributed by atoms with E-state index >= 15 is 0 Å². The minimum Gasteiger partial charge on any atom is -0.381 e. The second kappa shape index (κ2) is 5.22. The first-order valence-electron chi connectivity index (χ1n) is 6.23. The molecular formula is C14H20N2OS. The standard InChI is InChI=1S/C14H20N2OS/c1-14(2)6-7-18-9-12(14)16-11-5-3-4-10(8-11)13(15)17/h3-5,8,12,16H,6-7,9H2,1-2H3,(H2,15,17). The monoisotopic (exact) mass is 264 g/mol. The van der Waals surface area contributed by atoms with Gasteiger partial charge in [-0.2, -0.15) is 11.8 Å². The predicted molar refractivity (Wildman–Crippen MR) is 78.1 cm³/mol. The average Bonchev–Trinajstić information content (AvgIpc) is 2.32. The van der Waals surface area contributed by atoms with E-state index < -0.39 is 0 Å². The smallest absolute Gasteiger partial charge is 0.248 e. The zero-order valence-electron chi connectivity index (χ0n) is 10.9. The number of carbonyl (C=O) groups is 1. The fourth-order valence-electron chi connectivity index (χ4n) is 2.14. The van der Waals surface area contributed by atoms with E-state index in [0.717, 1.165) is 11.4 Å². The van der Waals surface area contributed by atoms with Gasteiger partial charge in [-0.15, -0.1) is 0 Å². The molecule has 1 saturated heterocycles. The second-order valence-electron chi connectivity index (χ2n) is 5.46. The quantitative estimate of drug-likeness (QED) is 0.882. The molecule has 0 spiro atoms. The lowest BCUT2D eigenvalue weighted by molar-refractivity contribution is 0.100. The van der Waals surface area contributed by atoms with Crippen LogP contribution < -0.4 is 11.1 Å². The number of anilines is 1. The van der Waals surface area contributed by atoms with Crippen LogP contribution in [0.25, 0.3) is 0 Å². The molecule has 1 heterocycles. The Morgan fingerprint density at radius 1 is 1.50 bits per heavy atom. The Kier molecular flexibility index (Phi) is 3.85.